The molecule has 0 bridgehead atoms. The molecule has 0 amide bonds. The van der Waals surface area contributed by atoms with E-state index in [9.17, 15) is 14.4 Å². The molecule has 4 aliphatic rings. The summed E-state index contributed by atoms with van der Waals surface area (Å²) in [5, 5.41) is 0. The SMILES string of the molecule is CCC(=O)OC1=C2CCC3C4CCC(=O)C4(C)CCC3[C@@]2(C)CCC1=O. The molecule has 4 nitrogen and oxygen atoms in total. The van der Waals surface area contributed by atoms with Crippen LogP contribution < -0.4 is 0 Å². The van der Waals surface area contributed by atoms with E-state index < -0.39 is 0 Å². The molecule has 0 aromatic rings. The second-order valence-corrected chi connectivity index (χ2v) is 9.31. The molecule has 0 heterocycles. The zero-order chi connectivity index (χ0) is 18.7. The van der Waals surface area contributed by atoms with Gasteiger partial charge in [0.15, 0.2) is 11.5 Å². The molecule has 4 unspecified atom stereocenters. The number of hydrogen-bond donors (Lipinski definition) is 0. The molecule has 4 rings (SSSR count). The molecule has 4 heteroatoms. The molecule has 26 heavy (non-hydrogen) atoms. The van der Waals surface area contributed by atoms with Gasteiger partial charge in [-0.3, -0.25) is 14.4 Å². The number of esters is 1. The van der Waals surface area contributed by atoms with Crippen molar-refractivity contribution in [1.29, 1.82) is 0 Å². The van der Waals surface area contributed by atoms with Gasteiger partial charge in [-0.15, -0.1) is 0 Å². The maximum absolute atomic E-state index is 12.5. The van der Waals surface area contributed by atoms with E-state index in [1.165, 1.54) is 0 Å². The molecule has 0 aromatic heterocycles. The van der Waals surface area contributed by atoms with E-state index in [1.807, 2.05) is 0 Å². The van der Waals surface area contributed by atoms with Gasteiger partial charge in [0.05, 0.1) is 0 Å². The van der Waals surface area contributed by atoms with Gasteiger partial charge in [0, 0.05) is 24.7 Å². The number of carbonyl (C=O) groups is 3. The minimum Gasteiger partial charge on any atom is -0.423 e. The summed E-state index contributed by atoms with van der Waals surface area (Å²) in [6, 6.07) is 0. The summed E-state index contributed by atoms with van der Waals surface area (Å²) in [5.74, 6) is 2.05. The van der Waals surface area contributed by atoms with Crippen molar-refractivity contribution in [2.75, 3.05) is 0 Å². The highest BCUT2D eigenvalue weighted by atomic mass is 16.5. The van der Waals surface area contributed by atoms with Crippen LogP contribution in [0.1, 0.15) is 78.6 Å². The zero-order valence-corrected chi connectivity index (χ0v) is 16.2. The van der Waals surface area contributed by atoms with E-state index in [1.54, 1.807) is 6.92 Å². The minimum absolute atomic E-state index is 0.00517. The van der Waals surface area contributed by atoms with Crippen molar-refractivity contribution in [2.24, 2.45) is 28.6 Å². The first-order chi connectivity index (χ1) is 12.3. The average molecular weight is 358 g/mol. The van der Waals surface area contributed by atoms with Gasteiger partial charge >= 0.3 is 5.97 Å². The van der Waals surface area contributed by atoms with Crippen LogP contribution in [0.2, 0.25) is 0 Å². The van der Waals surface area contributed by atoms with Crippen molar-refractivity contribution in [1.82, 2.24) is 0 Å². The molecule has 0 N–H and O–H groups in total. The smallest absolute Gasteiger partial charge is 0.311 e. The first kappa shape index (κ1) is 17.9. The second kappa shape index (κ2) is 6.03. The minimum atomic E-state index is -0.315. The number of carbonyl (C=O) groups excluding carboxylic acids is 3. The summed E-state index contributed by atoms with van der Waals surface area (Å²) >= 11 is 0. The monoisotopic (exact) mass is 358 g/mol. The molecule has 4 aliphatic carbocycles. The van der Waals surface area contributed by atoms with Crippen molar-refractivity contribution in [2.45, 2.75) is 78.6 Å². The van der Waals surface area contributed by atoms with Crippen LogP contribution in [-0.2, 0) is 19.1 Å². The van der Waals surface area contributed by atoms with E-state index in [0.29, 0.717) is 35.7 Å². The lowest BCUT2D eigenvalue weighted by molar-refractivity contribution is -0.144. The van der Waals surface area contributed by atoms with Gasteiger partial charge in [0.2, 0.25) is 0 Å². The number of ether oxygens (including phenoxy) is 1. The predicted molar refractivity (Wildman–Crippen MR) is 97.0 cm³/mol. The highest BCUT2D eigenvalue weighted by molar-refractivity contribution is 5.97. The number of hydrogen-bond acceptors (Lipinski definition) is 4. The Morgan fingerprint density at radius 1 is 1.00 bits per heavy atom. The van der Waals surface area contributed by atoms with Crippen LogP contribution in [-0.4, -0.2) is 17.5 Å². The van der Waals surface area contributed by atoms with E-state index in [0.717, 1.165) is 50.5 Å². The van der Waals surface area contributed by atoms with Crippen LogP contribution >= 0.6 is 0 Å². The molecular formula is C22H30O4. The molecule has 142 valence electrons. The Morgan fingerprint density at radius 2 is 1.73 bits per heavy atom. The average Bonchev–Trinajstić information content (AvgIpc) is 2.93. The van der Waals surface area contributed by atoms with Gasteiger partial charge in [-0.1, -0.05) is 20.8 Å². The second-order valence-electron chi connectivity index (χ2n) is 9.31. The normalized spacial score (nSPS) is 42.2. The topological polar surface area (TPSA) is 60.4 Å². The van der Waals surface area contributed by atoms with Crippen LogP contribution in [0.25, 0.3) is 0 Å². The van der Waals surface area contributed by atoms with Crippen molar-refractivity contribution in [3.8, 4) is 0 Å². The van der Waals surface area contributed by atoms with Crippen LogP contribution in [0.4, 0.5) is 0 Å². The molecule has 0 spiro atoms. The molecular weight excluding hydrogens is 328 g/mol. The molecule has 0 aliphatic heterocycles. The lowest BCUT2D eigenvalue weighted by atomic mass is 9.47. The number of rotatable bonds is 2. The lowest BCUT2D eigenvalue weighted by Gasteiger charge is -2.57. The van der Waals surface area contributed by atoms with Crippen LogP contribution in [0.3, 0.4) is 0 Å². The Bertz CT molecular complexity index is 705. The molecule has 3 fully saturated rings. The third-order valence-electron chi connectivity index (χ3n) is 8.28. The zero-order valence-electron chi connectivity index (χ0n) is 16.2. The predicted octanol–water partition coefficient (Wildman–Crippen LogP) is 4.37. The lowest BCUT2D eigenvalue weighted by Crippen LogP contribution is -2.51. The van der Waals surface area contributed by atoms with Gasteiger partial charge in [-0.25, -0.2) is 0 Å². The van der Waals surface area contributed by atoms with Gasteiger partial charge in [0.25, 0.3) is 0 Å². The van der Waals surface area contributed by atoms with Crippen LogP contribution in [0.5, 0.6) is 0 Å². The van der Waals surface area contributed by atoms with E-state index in [4.69, 9.17) is 4.74 Å². The Kier molecular flexibility index (Phi) is 4.16. The Balaban J connectivity index is 1.70. The quantitative estimate of drug-likeness (QED) is 0.688. The summed E-state index contributed by atoms with van der Waals surface area (Å²) in [7, 11) is 0. The molecule has 3 saturated carbocycles. The van der Waals surface area contributed by atoms with Gasteiger partial charge in [-0.2, -0.15) is 0 Å². The van der Waals surface area contributed by atoms with Crippen LogP contribution in [0, 0.1) is 28.6 Å². The highest BCUT2D eigenvalue weighted by Gasteiger charge is 2.59. The van der Waals surface area contributed by atoms with Crippen molar-refractivity contribution < 1.29 is 19.1 Å². The summed E-state index contributed by atoms with van der Waals surface area (Å²) in [6.07, 6.45) is 7.24. The molecule has 5 atom stereocenters. The number of fused-ring (bicyclic) bond motifs is 5. The molecule has 0 saturated heterocycles. The van der Waals surface area contributed by atoms with Gasteiger partial charge in [-0.05, 0) is 67.3 Å². The largest absolute Gasteiger partial charge is 0.423 e. The van der Waals surface area contributed by atoms with Crippen molar-refractivity contribution in [3.63, 3.8) is 0 Å². The summed E-state index contributed by atoms with van der Waals surface area (Å²) in [6.45, 7) is 6.23. The molecule has 0 aromatic carbocycles. The number of allylic oxidation sites excluding steroid dienone is 1. The maximum Gasteiger partial charge on any atom is 0.311 e. The molecule has 0 radical (unpaired) electrons. The third-order valence-corrected chi connectivity index (χ3v) is 8.28. The highest BCUT2D eigenvalue weighted by Crippen LogP contribution is 2.65. The summed E-state index contributed by atoms with van der Waals surface area (Å²) in [4.78, 5) is 36.9. The van der Waals surface area contributed by atoms with Gasteiger partial charge in [0.1, 0.15) is 5.78 Å². The Hall–Kier alpha value is -1.45. The summed E-state index contributed by atoms with van der Waals surface area (Å²) < 4.78 is 5.53. The van der Waals surface area contributed by atoms with E-state index in [2.05, 4.69) is 13.8 Å². The summed E-state index contributed by atoms with van der Waals surface area (Å²) in [5.41, 5.74) is 0.901. The third kappa shape index (κ3) is 2.36. The van der Waals surface area contributed by atoms with E-state index >= 15 is 0 Å². The van der Waals surface area contributed by atoms with E-state index in [-0.39, 0.29) is 29.0 Å². The van der Waals surface area contributed by atoms with Gasteiger partial charge < -0.3 is 4.74 Å². The standard InChI is InChI=1S/C22H30O4/c1-4-19(25)26-20-16-6-5-13-14-7-8-18(24)22(14,3)11-9-15(13)21(16,2)12-10-17(20)23/h13-15H,4-12H2,1-3H3/t13?,14?,15?,21-,22?/m1/s1. The number of ketones is 2. The van der Waals surface area contributed by atoms with Crippen molar-refractivity contribution >= 4 is 17.5 Å². The fourth-order valence-corrected chi connectivity index (χ4v) is 6.74. The van der Waals surface area contributed by atoms with Crippen LogP contribution in [0.15, 0.2) is 11.3 Å². The fourth-order valence-electron chi connectivity index (χ4n) is 6.74. The Labute approximate surface area is 155 Å². The maximum atomic E-state index is 12.5. The first-order valence-electron chi connectivity index (χ1n) is 10.3. The van der Waals surface area contributed by atoms with Crippen molar-refractivity contribution in [3.05, 3.63) is 11.3 Å². The Morgan fingerprint density at radius 3 is 2.46 bits per heavy atom. The fraction of sp³-hybridized carbons (Fsp3) is 0.773. The number of Topliss-reactive ketones (excluding diaryl/α,β-unsaturated/α-hetero) is 2. The first-order valence-corrected chi connectivity index (χ1v) is 10.3.